The van der Waals surface area contributed by atoms with E-state index in [0.717, 1.165) is 49.7 Å². The molecule has 0 bridgehead atoms. The third kappa shape index (κ3) is 4.75. The van der Waals surface area contributed by atoms with Gasteiger partial charge in [-0.2, -0.15) is 0 Å². The quantitative estimate of drug-likeness (QED) is 0.796. The average Bonchev–Trinajstić information content (AvgIpc) is 2.91. The number of hydrogen-bond acceptors (Lipinski definition) is 5. The van der Waals surface area contributed by atoms with Gasteiger partial charge in [-0.3, -0.25) is 9.88 Å². The van der Waals surface area contributed by atoms with Crippen LogP contribution in [0.5, 0.6) is 0 Å². The van der Waals surface area contributed by atoms with Crippen molar-refractivity contribution in [1.82, 2.24) is 20.4 Å². The monoisotopic (exact) mass is 274 g/mol. The lowest BCUT2D eigenvalue weighted by Crippen LogP contribution is -2.20. The fraction of sp³-hybridized carbons (Fsp3) is 0.467. The maximum atomic E-state index is 5.34. The molecule has 2 aromatic heterocycles. The Bertz CT molecular complexity index is 498. The van der Waals surface area contributed by atoms with E-state index in [0.29, 0.717) is 0 Å². The first-order valence-electron chi connectivity index (χ1n) is 7.01. The van der Waals surface area contributed by atoms with Gasteiger partial charge < -0.3 is 9.84 Å². The van der Waals surface area contributed by atoms with E-state index in [2.05, 4.69) is 40.4 Å². The van der Waals surface area contributed by atoms with E-state index in [-0.39, 0.29) is 0 Å². The molecule has 0 saturated heterocycles. The van der Waals surface area contributed by atoms with E-state index in [1.54, 1.807) is 0 Å². The Morgan fingerprint density at radius 1 is 1.30 bits per heavy atom. The second kappa shape index (κ2) is 7.77. The van der Waals surface area contributed by atoms with Gasteiger partial charge in [-0.25, -0.2) is 0 Å². The van der Waals surface area contributed by atoms with Gasteiger partial charge in [0, 0.05) is 37.5 Å². The van der Waals surface area contributed by atoms with Crippen LogP contribution in [0.3, 0.4) is 0 Å². The Morgan fingerprint density at radius 2 is 2.20 bits per heavy atom. The molecule has 0 aliphatic rings. The predicted molar refractivity (Wildman–Crippen MR) is 78.2 cm³/mol. The first-order valence-corrected chi connectivity index (χ1v) is 7.01. The van der Waals surface area contributed by atoms with Crippen molar-refractivity contribution >= 4 is 0 Å². The van der Waals surface area contributed by atoms with E-state index < -0.39 is 0 Å². The van der Waals surface area contributed by atoms with Crippen LogP contribution in [0.1, 0.15) is 24.1 Å². The zero-order chi connectivity index (χ0) is 14.2. The van der Waals surface area contributed by atoms with Crippen LogP contribution in [-0.4, -0.2) is 35.2 Å². The summed E-state index contributed by atoms with van der Waals surface area (Å²) in [6.45, 7) is 5.49. The SMILES string of the molecule is CCNCc1cc(CN(C)CCc2ccccn2)on1. The topological polar surface area (TPSA) is 54.2 Å². The number of rotatable bonds is 8. The fourth-order valence-electron chi connectivity index (χ4n) is 1.96. The first kappa shape index (κ1) is 14.7. The molecule has 0 amide bonds. The molecule has 1 N–H and O–H groups in total. The van der Waals surface area contributed by atoms with Crippen molar-refractivity contribution in [3.8, 4) is 0 Å². The molecule has 0 aliphatic heterocycles. The molecule has 0 unspecified atom stereocenters. The summed E-state index contributed by atoms with van der Waals surface area (Å²) in [7, 11) is 2.08. The molecule has 0 atom stereocenters. The van der Waals surface area contributed by atoms with Crippen molar-refractivity contribution in [1.29, 1.82) is 0 Å². The van der Waals surface area contributed by atoms with E-state index in [1.165, 1.54) is 0 Å². The summed E-state index contributed by atoms with van der Waals surface area (Å²) in [5.41, 5.74) is 2.07. The lowest BCUT2D eigenvalue weighted by Gasteiger charge is -2.13. The van der Waals surface area contributed by atoms with Gasteiger partial charge in [0.1, 0.15) is 0 Å². The molecular weight excluding hydrogens is 252 g/mol. The highest BCUT2D eigenvalue weighted by Crippen LogP contribution is 2.07. The van der Waals surface area contributed by atoms with Crippen molar-refractivity contribution in [2.24, 2.45) is 0 Å². The summed E-state index contributed by atoms with van der Waals surface area (Å²) < 4.78 is 5.34. The Kier molecular flexibility index (Phi) is 5.70. The van der Waals surface area contributed by atoms with Gasteiger partial charge in [0.2, 0.25) is 0 Å². The van der Waals surface area contributed by atoms with Gasteiger partial charge >= 0.3 is 0 Å². The van der Waals surface area contributed by atoms with Crippen LogP contribution in [0.15, 0.2) is 35.0 Å². The molecule has 2 aromatic rings. The van der Waals surface area contributed by atoms with Crippen LogP contribution >= 0.6 is 0 Å². The van der Waals surface area contributed by atoms with Crippen molar-refractivity contribution in [3.63, 3.8) is 0 Å². The normalized spacial score (nSPS) is 11.2. The number of pyridine rings is 1. The highest BCUT2D eigenvalue weighted by atomic mass is 16.5. The molecular formula is C15H22N4O. The Morgan fingerprint density at radius 3 is 2.95 bits per heavy atom. The number of nitrogens with zero attached hydrogens (tertiary/aromatic N) is 3. The summed E-state index contributed by atoms with van der Waals surface area (Å²) in [5, 5.41) is 7.28. The minimum Gasteiger partial charge on any atom is -0.360 e. The summed E-state index contributed by atoms with van der Waals surface area (Å²) >= 11 is 0. The molecule has 0 aromatic carbocycles. The maximum absolute atomic E-state index is 5.34. The zero-order valence-corrected chi connectivity index (χ0v) is 12.2. The van der Waals surface area contributed by atoms with Crippen LogP contribution in [0.4, 0.5) is 0 Å². The van der Waals surface area contributed by atoms with E-state index >= 15 is 0 Å². The third-order valence-electron chi connectivity index (χ3n) is 3.07. The van der Waals surface area contributed by atoms with Crippen molar-refractivity contribution in [2.45, 2.75) is 26.4 Å². The van der Waals surface area contributed by atoms with Crippen LogP contribution in [0.25, 0.3) is 0 Å². The van der Waals surface area contributed by atoms with E-state index in [4.69, 9.17) is 4.52 Å². The molecule has 0 aliphatic carbocycles. The molecule has 108 valence electrons. The molecule has 2 heterocycles. The minimum absolute atomic E-state index is 0.762. The molecule has 20 heavy (non-hydrogen) atoms. The highest BCUT2D eigenvalue weighted by molar-refractivity contribution is 5.06. The summed E-state index contributed by atoms with van der Waals surface area (Å²) in [6, 6.07) is 8.02. The van der Waals surface area contributed by atoms with Gasteiger partial charge in [-0.15, -0.1) is 0 Å². The van der Waals surface area contributed by atoms with Crippen LogP contribution in [-0.2, 0) is 19.5 Å². The maximum Gasteiger partial charge on any atom is 0.151 e. The summed E-state index contributed by atoms with van der Waals surface area (Å²) in [5.74, 6) is 0.904. The standard InChI is InChI=1S/C15H22N4O/c1-3-16-11-14-10-15(20-18-14)12-19(2)9-7-13-6-4-5-8-17-13/h4-6,8,10,16H,3,7,9,11-12H2,1-2H3. The molecule has 5 heteroatoms. The van der Waals surface area contributed by atoms with Crippen molar-refractivity contribution < 1.29 is 4.52 Å². The largest absolute Gasteiger partial charge is 0.360 e. The summed E-state index contributed by atoms with van der Waals surface area (Å²) in [6.07, 6.45) is 2.77. The van der Waals surface area contributed by atoms with Gasteiger partial charge in [0.05, 0.1) is 12.2 Å². The lowest BCUT2D eigenvalue weighted by molar-refractivity contribution is 0.273. The average molecular weight is 274 g/mol. The molecule has 0 radical (unpaired) electrons. The van der Waals surface area contributed by atoms with Gasteiger partial charge in [-0.1, -0.05) is 18.1 Å². The van der Waals surface area contributed by atoms with Crippen LogP contribution in [0.2, 0.25) is 0 Å². The van der Waals surface area contributed by atoms with Gasteiger partial charge in [0.15, 0.2) is 5.76 Å². The third-order valence-corrected chi connectivity index (χ3v) is 3.07. The van der Waals surface area contributed by atoms with Crippen molar-refractivity contribution in [2.75, 3.05) is 20.1 Å². The van der Waals surface area contributed by atoms with Crippen LogP contribution < -0.4 is 5.32 Å². The molecule has 5 nitrogen and oxygen atoms in total. The van der Waals surface area contributed by atoms with E-state index in [1.807, 2.05) is 24.4 Å². The highest BCUT2D eigenvalue weighted by Gasteiger charge is 2.07. The fourth-order valence-corrected chi connectivity index (χ4v) is 1.96. The molecule has 0 fully saturated rings. The number of likely N-dealkylation sites (N-methyl/N-ethyl adjacent to an activating group) is 1. The van der Waals surface area contributed by atoms with Crippen LogP contribution in [0, 0.1) is 0 Å². The van der Waals surface area contributed by atoms with Gasteiger partial charge in [-0.05, 0) is 25.7 Å². The first-order chi connectivity index (χ1) is 9.78. The van der Waals surface area contributed by atoms with Crippen molar-refractivity contribution in [3.05, 3.63) is 47.6 Å². The second-order valence-electron chi connectivity index (χ2n) is 4.87. The summed E-state index contributed by atoms with van der Waals surface area (Å²) in [4.78, 5) is 6.54. The van der Waals surface area contributed by atoms with E-state index in [9.17, 15) is 0 Å². The van der Waals surface area contributed by atoms with Gasteiger partial charge in [0.25, 0.3) is 0 Å². The molecule has 2 rings (SSSR count). The zero-order valence-electron chi connectivity index (χ0n) is 12.2. The smallest absolute Gasteiger partial charge is 0.151 e. The number of nitrogens with one attached hydrogen (secondary N) is 1. The molecule has 0 saturated carbocycles. The minimum atomic E-state index is 0.762. The Hall–Kier alpha value is -1.72. The Balaban J connectivity index is 1.76. The Labute approximate surface area is 120 Å². The second-order valence-corrected chi connectivity index (χ2v) is 4.87. The lowest BCUT2D eigenvalue weighted by atomic mass is 10.2. The number of hydrogen-bond donors (Lipinski definition) is 1. The predicted octanol–water partition coefficient (Wildman–Crippen LogP) is 1.85. The number of aromatic nitrogens is 2. The molecule has 0 spiro atoms.